The van der Waals surface area contributed by atoms with Crippen LogP contribution in [0.4, 0.5) is 10.8 Å². The zero-order valence-corrected chi connectivity index (χ0v) is 23.4. The second-order valence-electron chi connectivity index (χ2n) is 8.74. The molecule has 1 aromatic heterocycles. The summed E-state index contributed by atoms with van der Waals surface area (Å²) in [5, 5.41) is 5.92. The smallest absolute Gasteiger partial charge is 0.248 e. The first-order valence-electron chi connectivity index (χ1n) is 12.8. The molecule has 0 saturated carbocycles. The van der Waals surface area contributed by atoms with Crippen molar-refractivity contribution in [2.24, 2.45) is 0 Å². The lowest BCUT2D eigenvalue weighted by atomic mass is 10.1. The molecule has 200 valence electrons. The average molecular weight is 566 g/mol. The number of hydrogen-bond donors (Lipinski definition) is 2. The van der Waals surface area contributed by atoms with E-state index in [1.165, 1.54) is 29.2 Å². The second kappa shape index (κ2) is 13.1. The monoisotopic (exact) mass is 565 g/mol. The van der Waals surface area contributed by atoms with E-state index in [-0.39, 0.29) is 11.8 Å². The van der Waals surface area contributed by atoms with Crippen molar-refractivity contribution >= 4 is 62.0 Å². The Bertz CT molecular complexity index is 1620. The number of carbonyl (C=O) groups excluding carboxylic acids is 2. The van der Waals surface area contributed by atoms with Crippen LogP contribution >= 0.6 is 23.1 Å². The minimum Gasteiger partial charge on any atom is -0.494 e. The highest BCUT2D eigenvalue weighted by molar-refractivity contribution is 8.00. The molecule has 0 spiro atoms. The van der Waals surface area contributed by atoms with Crippen LogP contribution in [-0.4, -0.2) is 23.4 Å². The summed E-state index contributed by atoms with van der Waals surface area (Å²) in [5.41, 5.74) is 3.32. The number of ether oxygens (including phenoxy) is 1. The number of hydrogen-bond acceptors (Lipinski definition) is 6. The van der Waals surface area contributed by atoms with Crippen LogP contribution in [-0.2, 0) is 9.59 Å². The first-order valence-corrected chi connectivity index (χ1v) is 14.5. The van der Waals surface area contributed by atoms with Gasteiger partial charge in [-0.3, -0.25) is 9.59 Å². The maximum Gasteiger partial charge on any atom is 0.248 e. The Labute approximate surface area is 241 Å². The van der Waals surface area contributed by atoms with Crippen molar-refractivity contribution in [3.05, 3.63) is 120 Å². The van der Waals surface area contributed by atoms with E-state index in [0.29, 0.717) is 17.4 Å². The van der Waals surface area contributed by atoms with E-state index in [9.17, 15) is 9.59 Å². The van der Waals surface area contributed by atoms with E-state index in [0.717, 1.165) is 32.0 Å². The maximum absolute atomic E-state index is 13.5. The highest BCUT2D eigenvalue weighted by Crippen LogP contribution is 2.37. The lowest BCUT2D eigenvalue weighted by Crippen LogP contribution is -2.18. The molecule has 2 N–H and O–H groups in total. The van der Waals surface area contributed by atoms with E-state index < -0.39 is 5.25 Å². The molecule has 2 amide bonds. The molecular weight excluding hydrogens is 539 g/mol. The third-order valence-corrected chi connectivity index (χ3v) is 8.04. The van der Waals surface area contributed by atoms with E-state index in [4.69, 9.17) is 4.74 Å². The van der Waals surface area contributed by atoms with Crippen molar-refractivity contribution in [3.8, 4) is 5.75 Å². The molecule has 5 aromatic rings. The molecule has 1 atom stereocenters. The van der Waals surface area contributed by atoms with Crippen LogP contribution in [0, 0.1) is 0 Å². The average Bonchev–Trinajstić information content (AvgIpc) is 3.38. The third kappa shape index (κ3) is 7.16. The van der Waals surface area contributed by atoms with Gasteiger partial charge in [0.25, 0.3) is 0 Å². The van der Waals surface area contributed by atoms with Gasteiger partial charge in [0.1, 0.15) is 11.0 Å². The summed E-state index contributed by atoms with van der Waals surface area (Å²) in [5.74, 6) is 0.403. The first-order chi connectivity index (χ1) is 19.6. The summed E-state index contributed by atoms with van der Waals surface area (Å²) < 4.78 is 6.53. The quantitative estimate of drug-likeness (QED) is 0.133. The van der Waals surface area contributed by atoms with Crippen LogP contribution in [0.3, 0.4) is 0 Å². The summed E-state index contributed by atoms with van der Waals surface area (Å²) in [6, 6.07) is 32.5. The van der Waals surface area contributed by atoms with Crippen LogP contribution in [0.25, 0.3) is 16.3 Å². The van der Waals surface area contributed by atoms with Crippen molar-refractivity contribution in [2.45, 2.75) is 17.1 Å². The predicted molar refractivity (Wildman–Crippen MR) is 165 cm³/mol. The van der Waals surface area contributed by atoms with Crippen LogP contribution in [0.15, 0.2) is 114 Å². The molecule has 1 heterocycles. The molecule has 0 aliphatic rings. The fourth-order valence-corrected chi connectivity index (χ4v) is 5.88. The second-order valence-corrected chi connectivity index (χ2v) is 10.9. The number of anilines is 2. The zero-order valence-electron chi connectivity index (χ0n) is 21.7. The van der Waals surface area contributed by atoms with Gasteiger partial charge in [0.2, 0.25) is 11.8 Å². The number of thioether (sulfide) groups is 1. The summed E-state index contributed by atoms with van der Waals surface area (Å²) in [6.07, 6.45) is 3.28. The number of rotatable bonds is 10. The van der Waals surface area contributed by atoms with Gasteiger partial charge < -0.3 is 15.4 Å². The van der Waals surface area contributed by atoms with Gasteiger partial charge in [-0.15, -0.1) is 11.8 Å². The Balaban J connectivity index is 1.27. The molecule has 0 aliphatic carbocycles. The van der Waals surface area contributed by atoms with Gasteiger partial charge in [-0.05, 0) is 66.6 Å². The molecule has 0 saturated heterocycles. The number of nitrogens with one attached hydrogen (secondary N) is 2. The molecule has 40 heavy (non-hydrogen) atoms. The summed E-state index contributed by atoms with van der Waals surface area (Å²) in [6.45, 7) is 2.53. The minimum absolute atomic E-state index is 0.163. The number of aromatic nitrogens is 1. The number of thiazole rings is 1. The third-order valence-electron chi connectivity index (χ3n) is 5.84. The van der Waals surface area contributed by atoms with E-state index in [2.05, 4.69) is 15.6 Å². The van der Waals surface area contributed by atoms with Gasteiger partial charge in [-0.1, -0.05) is 72.0 Å². The van der Waals surface area contributed by atoms with Gasteiger partial charge in [0.15, 0.2) is 5.13 Å². The summed E-state index contributed by atoms with van der Waals surface area (Å²) in [7, 11) is 0. The molecule has 0 aliphatic heterocycles. The molecule has 0 bridgehead atoms. The molecule has 0 radical (unpaired) electrons. The Morgan fingerprint density at radius 1 is 0.925 bits per heavy atom. The number of carbonyl (C=O) groups is 2. The molecule has 8 heteroatoms. The van der Waals surface area contributed by atoms with Crippen LogP contribution < -0.4 is 15.4 Å². The van der Waals surface area contributed by atoms with Gasteiger partial charge in [-0.25, -0.2) is 4.98 Å². The lowest BCUT2D eigenvalue weighted by Gasteiger charge is -2.16. The Kier molecular flexibility index (Phi) is 8.90. The number of fused-ring (bicyclic) bond motifs is 1. The van der Waals surface area contributed by atoms with Crippen molar-refractivity contribution in [1.29, 1.82) is 0 Å². The largest absolute Gasteiger partial charge is 0.494 e. The molecule has 0 fully saturated rings. The minimum atomic E-state index is -0.499. The van der Waals surface area contributed by atoms with Gasteiger partial charge in [0, 0.05) is 16.7 Å². The Morgan fingerprint density at radius 3 is 2.38 bits per heavy atom. The highest BCUT2D eigenvalue weighted by Gasteiger charge is 2.23. The SMILES string of the molecule is CCOc1ccc2nc(NC(=O)C(Sc3ccc(NC(=O)/C=C/c4ccccc4)cc3)c3ccccc3)sc2c1. The normalized spacial score (nSPS) is 11.8. The van der Waals surface area contributed by atoms with Gasteiger partial charge in [-0.2, -0.15) is 0 Å². The van der Waals surface area contributed by atoms with Crippen molar-refractivity contribution < 1.29 is 14.3 Å². The topological polar surface area (TPSA) is 80.3 Å². The fraction of sp³-hybridized carbons (Fsp3) is 0.0938. The standard InChI is InChI=1S/C32H27N3O3S2/c1-2-38-25-16-19-27-28(21-25)40-32(34-27)35-31(37)30(23-11-7-4-8-12-23)39-26-17-14-24(15-18-26)33-29(36)20-13-22-9-5-3-6-10-22/h3-21,30H,2H2,1H3,(H,33,36)(H,34,35,37)/b20-13+. The van der Waals surface area contributed by atoms with E-state index in [1.54, 1.807) is 6.08 Å². The summed E-state index contributed by atoms with van der Waals surface area (Å²) in [4.78, 5) is 31.3. The lowest BCUT2D eigenvalue weighted by molar-refractivity contribution is -0.116. The van der Waals surface area contributed by atoms with Crippen molar-refractivity contribution in [2.75, 3.05) is 17.2 Å². The van der Waals surface area contributed by atoms with E-state index >= 15 is 0 Å². The Morgan fingerprint density at radius 2 is 1.65 bits per heavy atom. The first kappa shape index (κ1) is 27.2. The molecular formula is C32H27N3O3S2. The van der Waals surface area contributed by atoms with Crippen LogP contribution in [0.1, 0.15) is 23.3 Å². The maximum atomic E-state index is 13.5. The molecule has 6 nitrogen and oxygen atoms in total. The number of benzene rings is 4. The molecule has 4 aromatic carbocycles. The Hall–Kier alpha value is -4.40. The van der Waals surface area contributed by atoms with Crippen molar-refractivity contribution in [1.82, 2.24) is 4.98 Å². The van der Waals surface area contributed by atoms with Gasteiger partial charge in [0.05, 0.1) is 16.8 Å². The molecule has 5 rings (SSSR count). The van der Waals surface area contributed by atoms with Crippen LogP contribution in [0.5, 0.6) is 5.75 Å². The van der Waals surface area contributed by atoms with E-state index in [1.807, 2.05) is 110 Å². The van der Waals surface area contributed by atoms with Gasteiger partial charge >= 0.3 is 0 Å². The number of nitrogens with zero attached hydrogens (tertiary/aromatic N) is 1. The zero-order chi connectivity index (χ0) is 27.7. The molecule has 1 unspecified atom stereocenters. The van der Waals surface area contributed by atoms with Crippen molar-refractivity contribution in [3.63, 3.8) is 0 Å². The predicted octanol–water partition coefficient (Wildman–Crippen LogP) is 7.82. The fourth-order valence-electron chi connectivity index (χ4n) is 3.96. The number of amides is 2. The summed E-state index contributed by atoms with van der Waals surface area (Å²) >= 11 is 2.85. The van der Waals surface area contributed by atoms with Crippen LogP contribution in [0.2, 0.25) is 0 Å². The highest BCUT2D eigenvalue weighted by atomic mass is 32.2.